The number of thioether (sulfide) groups is 1. The third-order valence-electron chi connectivity index (χ3n) is 9.96. The molecular weight excluding hydrogens is 734 g/mol. The van der Waals surface area contributed by atoms with Crippen molar-refractivity contribution in [2.24, 2.45) is 5.92 Å². The van der Waals surface area contributed by atoms with Crippen LogP contribution in [0.3, 0.4) is 0 Å². The second-order valence-electron chi connectivity index (χ2n) is 13.5. The molecule has 5 atom stereocenters. The van der Waals surface area contributed by atoms with Crippen molar-refractivity contribution in [1.82, 2.24) is 30.4 Å². The fraction of sp³-hybridized carbons (Fsp3) is 0.325. The van der Waals surface area contributed by atoms with Crippen molar-refractivity contribution in [3.8, 4) is 16.8 Å². The van der Waals surface area contributed by atoms with Gasteiger partial charge < -0.3 is 24.8 Å². The number of alkyl halides is 3. The summed E-state index contributed by atoms with van der Waals surface area (Å²) in [6, 6.07) is 31.3. The van der Waals surface area contributed by atoms with Crippen LogP contribution in [0.5, 0.6) is 0 Å². The molecule has 2 saturated heterocycles. The van der Waals surface area contributed by atoms with Gasteiger partial charge in [0, 0.05) is 30.3 Å². The zero-order valence-corrected chi connectivity index (χ0v) is 30.6. The summed E-state index contributed by atoms with van der Waals surface area (Å²) < 4.78 is 54.4. The number of halogens is 3. The molecule has 2 N–H and O–H groups in total. The van der Waals surface area contributed by atoms with Crippen molar-refractivity contribution >= 4 is 23.6 Å². The van der Waals surface area contributed by atoms with Crippen LogP contribution in [0.2, 0.25) is 0 Å². The number of tetrazole rings is 1. The van der Waals surface area contributed by atoms with Crippen LogP contribution >= 0.6 is 11.8 Å². The number of aliphatic hydroxyl groups is 1. The van der Waals surface area contributed by atoms with E-state index in [1.165, 1.54) is 11.8 Å². The molecule has 2 aliphatic heterocycles. The van der Waals surface area contributed by atoms with Crippen LogP contribution in [0.4, 0.5) is 13.2 Å². The highest BCUT2D eigenvalue weighted by Gasteiger charge is 2.47. The number of amides is 2. The van der Waals surface area contributed by atoms with Crippen molar-refractivity contribution in [2.45, 2.75) is 68.8 Å². The molecule has 0 saturated carbocycles. The number of aromatic nitrogens is 4. The molecule has 286 valence electrons. The number of likely N-dealkylation sites (tertiary alicyclic amines) is 1. The normalized spacial score (nSPS) is 21.4. The molecule has 0 aliphatic carbocycles. The molecule has 55 heavy (non-hydrogen) atoms. The lowest BCUT2D eigenvalue weighted by Gasteiger charge is -2.41. The SMILES string of the molecule is CC1C(CSc2nnnn2-c2ccccc2)OC(c2ccc(-c3ccccc3CNC(=O)C3CCCN3C(=O)C(F)(F)F)cc2)OC1c1ccc(CO)cc1. The van der Waals surface area contributed by atoms with Gasteiger partial charge in [-0.3, -0.25) is 9.59 Å². The third-order valence-corrected chi connectivity index (χ3v) is 11.0. The lowest BCUT2D eigenvalue weighted by atomic mass is 9.91. The molecule has 7 rings (SSSR count). The van der Waals surface area contributed by atoms with E-state index in [4.69, 9.17) is 9.47 Å². The highest BCUT2D eigenvalue weighted by atomic mass is 32.2. The number of carbonyl (C=O) groups excluding carboxylic acids is 2. The molecule has 1 aromatic heterocycles. The molecule has 3 heterocycles. The first-order valence-corrected chi connectivity index (χ1v) is 18.9. The van der Waals surface area contributed by atoms with Crippen LogP contribution in [0, 0.1) is 5.92 Å². The Morgan fingerprint density at radius 3 is 2.36 bits per heavy atom. The zero-order valence-electron chi connectivity index (χ0n) is 29.8. The van der Waals surface area contributed by atoms with E-state index in [-0.39, 0.29) is 44.2 Å². The van der Waals surface area contributed by atoms with Crippen molar-refractivity contribution in [3.05, 3.63) is 125 Å². The van der Waals surface area contributed by atoms with Crippen molar-refractivity contribution < 1.29 is 37.3 Å². The van der Waals surface area contributed by atoms with E-state index >= 15 is 0 Å². The average molecular weight is 773 g/mol. The number of rotatable bonds is 11. The maximum absolute atomic E-state index is 13.1. The first-order valence-electron chi connectivity index (χ1n) is 17.9. The van der Waals surface area contributed by atoms with E-state index in [0.717, 1.165) is 39.1 Å². The minimum atomic E-state index is -5.04. The smallest absolute Gasteiger partial charge is 0.392 e. The summed E-state index contributed by atoms with van der Waals surface area (Å²) in [5, 5.41) is 25.3. The number of para-hydroxylation sites is 1. The summed E-state index contributed by atoms with van der Waals surface area (Å²) >= 11 is 1.49. The Bertz CT molecular complexity index is 2080. The second kappa shape index (κ2) is 16.7. The Balaban J connectivity index is 1.08. The van der Waals surface area contributed by atoms with E-state index in [0.29, 0.717) is 22.2 Å². The highest BCUT2D eigenvalue weighted by Crippen LogP contribution is 2.43. The van der Waals surface area contributed by atoms with Gasteiger partial charge in [-0.05, 0) is 63.2 Å². The zero-order chi connectivity index (χ0) is 38.5. The molecule has 2 fully saturated rings. The fourth-order valence-electron chi connectivity index (χ4n) is 6.99. The highest BCUT2D eigenvalue weighted by molar-refractivity contribution is 7.99. The van der Waals surface area contributed by atoms with E-state index in [2.05, 4.69) is 27.8 Å². The van der Waals surface area contributed by atoms with Crippen molar-refractivity contribution in [3.63, 3.8) is 0 Å². The predicted molar refractivity (Wildman–Crippen MR) is 197 cm³/mol. The minimum Gasteiger partial charge on any atom is -0.392 e. The molecule has 2 amide bonds. The molecular formula is C40H39F3N6O5S. The van der Waals surface area contributed by atoms with Crippen LogP contribution in [0.25, 0.3) is 16.8 Å². The number of carbonyl (C=O) groups is 2. The lowest BCUT2D eigenvalue weighted by Crippen LogP contribution is -2.50. The number of ether oxygens (including phenoxy) is 2. The van der Waals surface area contributed by atoms with Gasteiger partial charge in [-0.25, -0.2) is 0 Å². The maximum atomic E-state index is 13.1. The number of hydrogen-bond acceptors (Lipinski definition) is 9. The van der Waals surface area contributed by atoms with Crippen LogP contribution in [0.15, 0.2) is 108 Å². The van der Waals surface area contributed by atoms with Gasteiger partial charge in [-0.1, -0.05) is 110 Å². The van der Waals surface area contributed by atoms with Gasteiger partial charge in [0.15, 0.2) is 6.29 Å². The molecule has 0 radical (unpaired) electrons. The summed E-state index contributed by atoms with van der Waals surface area (Å²) in [6.45, 7) is 1.98. The quantitative estimate of drug-likeness (QED) is 0.143. The summed E-state index contributed by atoms with van der Waals surface area (Å²) in [7, 11) is 0. The van der Waals surface area contributed by atoms with Crippen LogP contribution < -0.4 is 5.32 Å². The van der Waals surface area contributed by atoms with E-state index in [1.54, 1.807) is 4.68 Å². The van der Waals surface area contributed by atoms with Gasteiger partial charge in [0.05, 0.1) is 24.5 Å². The summed E-state index contributed by atoms with van der Waals surface area (Å²) in [5.74, 6) is -2.13. The average Bonchev–Trinajstić information content (AvgIpc) is 3.90. The first-order chi connectivity index (χ1) is 26.6. The van der Waals surface area contributed by atoms with Crippen LogP contribution in [0.1, 0.15) is 54.4 Å². The summed E-state index contributed by atoms with van der Waals surface area (Å²) in [4.78, 5) is 25.5. The van der Waals surface area contributed by atoms with Gasteiger partial charge in [0.1, 0.15) is 6.04 Å². The predicted octanol–water partition coefficient (Wildman–Crippen LogP) is 6.57. The third kappa shape index (κ3) is 8.59. The fourth-order valence-corrected chi connectivity index (χ4v) is 8.04. The summed E-state index contributed by atoms with van der Waals surface area (Å²) in [6.07, 6.45) is -5.86. The first kappa shape index (κ1) is 38.2. The number of nitrogens with one attached hydrogen (secondary N) is 1. The van der Waals surface area contributed by atoms with Gasteiger partial charge >= 0.3 is 12.1 Å². The molecule has 0 bridgehead atoms. The number of nitrogens with zero attached hydrogens (tertiary/aromatic N) is 5. The Morgan fingerprint density at radius 2 is 1.64 bits per heavy atom. The van der Waals surface area contributed by atoms with E-state index in [1.807, 2.05) is 103 Å². The number of hydrogen-bond donors (Lipinski definition) is 2. The van der Waals surface area contributed by atoms with Gasteiger partial charge in [0.25, 0.3) is 0 Å². The Morgan fingerprint density at radius 1 is 0.927 bits per heavy atom. The summed E-state index contributed by atoms with van der Waals surface area (Å²) in [5.41, 5.74) is 5.83. The Hall–Kier alpha value is -5.09. The van der Waals surface area contributed by atoms with Gasteiger partial charge in [-0.15, -0.1) is 5.10 Å². The molecule has 11 nitrogen and oxygen atoms in total. The molecule has 5 unspecified atom stereocenters. The minimum absolute atomic E-state index is 0.0611. The molecule has 2 aliphatic rings. The number of aliphatic hydroxyl groups excluding tert-OH is 1. The standard InChI is InChI=1S/C40H39F3N6O5S/c1-25-34(24-55-39-45-46-47-49(39)31-9-3-2-4-10-31)53-37(54-35(25)28-15-13-26(23-50)14-16-28)29-19-17-27(18-20-29)32-11-6-5-8-30(32)22-44-36(51)33-12-7-21-48(33)38(52)40(41,42)43/h2-6,8-11,13-20,25,33-35,37,50H,7,12,21-24H2,1H3,(H,44,51). The Kier molecular flexibility index (Phi) is 11.6. The maximum Gasteiger partial charge on any atom is 0.471 e. The van der Waals surface area contributed by atoms with E-state index in [9.17, 15) is 27.9 Å². The van der Waals surface area contributed by atoms with Crippen LogP contribution in [-0.2, 0) is 32.2 Å². The Labute approximate surface area is 319 Å². The lowest BCUT2D eigenvalue weighted by molar-refractivity contribution is -0.268. The van der Waals surface area contributed by atoms with Crippen molar-refractivity contribution in [2.75, 3.05) is 12.3 Å². The molecule has 4 aromatic carbocycles. The largest absolute Gasteiger partial charge is 0.471 e. The van der Waals surface area contributed by atoms with Gasteiger partial charge in [-0.2, -0.15) is 17.9 Å². The van der Waals surface area contributed by atoms with Crippen molar-refractivity contribution in [1.29, 1.82) is 0 Å². The van der Waals surface area contributed by atoms with Gasteiger partial charge in [0.2, 0.25) is 11.1 Å². The number of benzene rings is 4. The second-order valence-corrected chi connectivity index (χ2v) is 14.5. The molecule has 15 heteroatoms. The van der Waals surface area contributed by atoms with E-state index < -0.39 is 30.3 Å². The molecule has 0 spiro atoms. The topological polar surface area (TPSA) is 132 Å². The molecule has 5 aromatic rings. The van der Waals surface area contributed by atoms with Crippen LogP contribution in [-0.4, -0.2) is 72.6 Å². The monoisotopic (exact) mass is 772 g/mol.